The highest BCUT2D eigenvalue weighted by Crippen LogP contribution is 2.28. The van der Waals surface area contributed by atoms with E-state index in [1.54, 1.807) is 7.11 Å². The maximum atomic E-state index is 11.2. The fraction of sp³-hybridized carbons (Fsp3) is 0.387. The molecule has 4 aromatic rings. The van der Waals surface area contributed by atoms with E-state index in [1.165, 1.54) is 16.3 Å². The number of likely N-dealkylation sites (tertiary alicyclic amines) is 1. The van der Waals surface area contributed by atoms with Gasteiger partial charge in [-0.1, -0.05) is 60.7 Å². The molecule has 0 aliphatic carbocycles. The predicted octanol–water partition coefficient (Wildman–Crippen LogP) is 5.33. The van der Waals surface area contributed by atoms with Crippen LogP contribution in [-0.4, -0.2) is 52.9 Å². The van der Waals surface area contributed by atoms with E-state index in [2.05, 4.69) is 78.7 Å². The molecule has 0 bridgehead atoms. The molecule has 36 heavy (non-hydrogen) atoms. The SMILES string of the molecule is COc1nc2ccccc2cc1CN1CCC[C@@H]1[C@H](O)CNC(C)(C)Cc1ccc2ccccc2c1. The molecule has 0 spiro atoms. The summed E-state index contributed by atoms with van der Waals surface area (Å²) >= 11 is 0. The van der Waals surface area contributed by atoms with Gasteiger partial charge in [-0.25, -0.2) is 4.98 Å². The number of hydrogen-bond acceptors (Lipinski definition) is 5. The Morgan fingerprint density at radius 3 is 2.58 bits per heavy atom. The van der Waals surface area contributed by atoms with Crippen LogP contribution in [0.5, 0.6) is 5.88 Å². The number of hydrogen-bond donors (Lipinski definition) is 2. The second kappa shape index (κ2) is 10.6. The van der Waals surface area contributed by atoms with Crippen molar-refractivity contribution < 1.29 is 9.84 Å². The van der Waals surface area contributed by atoms with Crippen molar-refractivity contribution in [3.05, 3.63) is 83.9 Å². The van der Waals surface area contributed by atoms with Crippen molar-refractivity contribution in [2.24, 2.45) is 0 Å². The van der Waals surface area contributed by atoms with Crippen molar-refractivity contribution in [1.82, 2.24) is 15.2 Å². The lowest BCUT2D eigenvalue weighted by molar-refractivity contribution is 0.0629. The third-order valence-electron chi connectivity index (χ3n) is 7.44. The van der Waals surface area contributed by atoms with Gasteiger partial charge < -0.3 is 15.2 Å². The molecule has 5 rings (SSSR count). The standard InChI is InChI=1S/C31H37N3O2/c1-31(2,19-22-14-15-23-9-4-5-10-24(23)17-22)32-20-29(35)28-13-8-16-34(28)21-26-18-25-11-6-7-12-27(25)33-30(26)36-3/h4-7,9-12,14-15,17-18,28-29,32,35H,8,13,16,19-21H2,1-3H3/t28-,29-/m1/s1. The van der Waals surface area contributed by atoms with Crippen LogP contribution < -0.4 is 10.1 Å². The zero-order valence-corrected chi connectivity index (χ0v) is 21.6. The minimum Gasteiger partial charge on any atom is -0.481 e. The molecule has 1 aromatic heterocycles. The van der Waals surface area contributed by atoms with E-state index in [1.807, 2.05) is 18.2 Å². The Kier molecular flexibility index (Phi) is 7.24. The van der Waals surface area contributed by atoms with Gasteiger partial charge >= 0.3 is 0 Å². The number of rotatable bonds is 9. The van der Waals surface area contributed by atoms with E-state index in [9.17, 15) is 5.11 Å². The minimum atomic E-state index is -0.442. The Bertz CT molecular complexity index is 1340. The Morgan fingerprint density at radius 2 is 1.78 bits per heavy atom. The third kappa shape index (κ3) is 5.54. The molecule has 1 saturated heterocycles. The molecular weight excluding hydrogens is 446 g/mol. The van der Waals surface area contributed by atoms with E-state index in [0.717, 1.165) is 48.8 Å². The summed E-state index contributed by atoms with van der Waals surface area (Å²) in [5, 5.41) is 18.5. The lowest BCUT2D eigenvalue weighted by Gasteiger charge is -2.33. The number of nitrogens with zero attached hydrogens (tertiary/aromatic N) is 2. The molecule has 0 saturated carbocycles. The van der Waals surface area contributed by atoms with E-state index in [0.29, 0.717) is 12.4 Å². The average molecular weight is 484 g/mol. The quantitative estimate of drug-likeness (QED) is 0.337. The number of pyridine rings is 1. The molecule has 1 fully saturated rings. The number of methoxy groups -OCH3 is 1. The van der Waals surface area contributed by atoms with Gasteiger partial charge in [-0.3, -0.25) is 4.90 Å². The van der Waals surface area contributed by atoms with Gasteiger partial charge in [0.05, 0.1) is 18.7 Å². The summed E-state index contributed by atoms with van der Waals surface area (Å²) in [4.78, 5) is 7.10. The number of benzene rings is 3. The molecule has 0 radical (unpaired) electrons. The van der Waals surface area contributed by atoms with Crippen molar-refractivity contribution in [1.29, 1.82) is 0 Å². The minimum absolute atomic E-state index is 0.116. The van der Waals surface area contributed by atoms with Crippen LogP contribution in [0.15, 0.2) is 72.8 Å². The summed E-state index contributed by atoms with van der Waals surface area (Å²) < 4.78 is 5.62. The molecule has 2 atom stereocenters. The number of para-hydroxylation sites is 1. The number of aliphatic hydroxyl groups is 1. The first-order valence-corrected chi connectivity index (χ1v) is 13.0. The van der Waals surface area contributed by atoms with Crippen molar-refractivity contribution >= 4 is 21.7 Å². The second-order valence-corrected chi connectivity index (χ2v) is 10.7. The van der Waals surface area contributed by atoms with Gasteiger partial charge in [0.2, 0.25) is 5.88 Å². The normalized spacial score (nSPS) is 17.6. The summed E-state index contributed by atoms with van der Waals surface area (Å²) in [6, 6.07) is 25.6. The number of β-amino-alcohol motifs (C(OH)–C–C–N with tert-alkyl or cyclic N) is 1. The van der Waals surface area contributed by atoms with E-state index in [4.69, 9.17) is 9.72 Å². The zero-order chi connectivity index (χ0) is 25.1. The van der Waals surface area contributed by atoms with Crippen molar-refractivity contribution in [3.63, 3.8) is 0 Å². The third-order valence-corrected chi connectivity index (χ3v) is 7.44. The summed E-state index contributed by atoms with van der Waals surface area (Å²) in [6.07, 6.45) is 2.55. The van der Waals surface area contributed by atoms with Crippen LogP contribution in [-0.2, 0) is 13.0 Å². The van der Waals surface area contributed by atoms with Gasteiger partial charge in [0, 0.05) is 35.6 Å². The van der Waals surface area contributed by atoms with Gasteiger partial charge in [0.15, 0.2) is 0 Å². The highest BCUT2D eigenvalue weighted by atomic mass is 16.5. The zero-order valence-electron chi connectivity index (χ0n) is 21.6. The molecule has 2 N–H and O–H groups in total. The van der Waals surface area contributed by atoms with Crippen LogP contribution in [0, 0.1) is 0 Å². The molecule has 2 heterocycles. The Hall–Kier alpha value is -2.99. The molecule has 0 amide bonds. The summed E-state index contributed by atoms with van der Waals surface area (Å²) in [5.74, 6) is 0.670. The molecule has 1 aliphatic rings. The van der Waals surface area contributed by atoms with E-state index < -0.39 is 6.10 Å². The molecule has 3 aromatic carbocycles. The van der Waals surface area contributed by atoms with Crippen LogP contribution in [0.2, 0.25) is 0 Å². The topological polar surface area (TPSA) is 57.6 Å². The maximum absolute atomic E-state index is 11.2. The molecule has 0 unspecified atom stereocenters. The molecule has 1 aliphatic heterocycles. The Labute approximate surface area is 214 Å². The Morgan fingerprint density at radius 1 is 1.03 bits per heavy atom. The fourth-order valence-corrected chi connectivity index (χ4v) is 5.57. The smallest absolute Gasteiger partial charge is 0.218 e. The fourth-order valence-electron chi connectivity index (χ4n) is 5.57. The van der Waals surface area contributed by atoms with Gasteiger partial charge in [-0.05, 0) is 68.1 Å². The molecule has 188 valence electrons. The number of fused-ring (bicyclic) bond motifs is 2. The summed E-state index contributed by atoms with van der Waals surface area (Å²) in [6.45, 7) is 6.69. The van der Waals surface area contributed by atoms with Gasteiger partial charge in [-0.2, -0.15) is 0 Å². The van der Waals surface area contributed by atoms with E-state index >= 15 is 0 Å². The molecular formula is C31H37N3O2. The summed E-state index contributed by atoms with van der Waals surface area (Å²) in [5.41, 5.74) is 3.19. The summed E-state index contributed by atoms with van der Waals surface area (Å²) in [7, 11) is 1.68. The highest BCUT2D eigenvalue weighted by Gasteiger charge is 2.32. The monoisotopic (exact) mass is 483 g/mol. The highest BCUT2D eigenvalue weighted by molar-refractivity contribution is 5.83. The van der Waals surface area contributed by atoms with Crippen molar-refractivity contribution in [2.45, 2.75) is 57.3 Å². The average Bonchev–Trinajstić information content (AvgIpc) is 3.35. The van der Waals surface area contributed by atoms with Gasteiger partial charge in [0.1, 0.15) is 0 Å². The first-order chi connectivity index (χ1) is 17.4. The first kappa shape index (κ1) is 24.7. The van der Waals surface area contributed by atoms with Gasteiger partial charge in [-0.15, -0.1) is 0 Å². The molecule has 5 nitrogen and oxygen atoms in total. The number of aromatic nitrogens is 1. The largest absolute Gasteiger partial charge is 0.481 e. The lowest BCUT2D eigenvalue weighted by Crippen LogP contribution is -2.50. The van der Waals surface area contributed by atoms with E-state index in [-0.39, 0.29) is 11.6 Å². The Balaban J connectivity index is 1.23. The van der Waals surface area contributed by atoms with Crippen molar-refractivity contribution in [2.75, 3.05) is 20.2 Å². The van der Waals surface area contributed by atoms with Crippen LogP contribution in [0.25, 0.3) is 21.7 Å². The molecule has 5 heteroatoms. The van der Waals surface area contributed by atoms with Crippen LogP contribution in [0.1, 0.15) is 37.8 Å². The number of aliphatic hydroxyl groups excluding tert-OH is 1. The second-order valence-electron chi connectivity index (χ2n) is 10.7. The number of nitrogens with one attached hydrogen (secondary N) is 1. The predicted molar refractivity (Wildman–Crippen MR) is 147 cm³/mol. The van der Waals surface area contributed by atoms with Crippen LogP contribution >= 0.6 is 0 Å². The van der Waals surface area contributed by atoms with Crippen LogP contribution in [0.4, 0.5) is 0 Å². The number of ether oxygens (including phenoxy) is 1. The lowest BCUT2D eigenvalue weighted by atomic mass is 9.93. The van der Waals surface area contributed by atoms with Crippen LogP contribution in [0.3, 0.4) is 0 Å². The van der Waals surface area contributed by atoms with Gasteiger partial charge in [0.25, 0.3) is 0 Å². The van der Waals surface area contributed by atoms with Crippen molar-refractivity contribution in [3.8, 4) is 5.88 Å². The maximum Gasteiger partial charge on any atom is 0.218 e. The first-order valence-electron chi connectivity index (χ1n) is 13.0.